The topological polar surface area (TPSA) is 46.3 Å². The highest BCUT2D eigenvalue weighted by atomic mass is 79.9. The summed E-state index contributed by atoms with van der Waals surface area (Å²) >= 11 is 3.36. The van der Waals surface area contributed by atoms with Crippen LogP contribution in [0.1, 0.15) is 23.2 Å². The second kappa shape index (κ2) is 5.76. The Balaban J connectivity index is 1.94. The van der Waals surface area contributed by atoms with E-state index in [0.717, 1.165) is 36.0 Å². The molecule has 0 bridgehead atoms. The lowest BCUT2D eigenvalue weighted by atomic mass is 10.1. The zero-order chi connectivity index (χ0) is 12.3. The maximum atomic E-state index is 12.0. The summed E-state index contributed by atoms with van der Waals surface area (Å²) in [4.78, 5) is 14.2. The van der Waals surface area contributed by atoms with Crippen molar-refractivity contribution in [2.24, 2.45) is 5.73 Å². The van der Waals surface area contributed by atoms with Crippen LogP contribution in [0.15, 0.2) is 28.7 Å². The van der Waals surface area contributed by atoms with Crippen LogP contribution in [0.2, 0.25) is 0 Å². The maximum absolute atomic E-state index is 12.0. The second-order valence-electron chi connectivity index (χ2n) is 4.57. The van der Waals surface area contributed by atoms with Crippen molar-refractivity contribution in [3.8, 4) is 0 Å². The summed E-state index contributed by atoms with van der Waals surface area (Å²) in [6, 6.07) is 7.73. The first-order chi connectivity index (χ1) is 8.15. The predicted molar refractivity (Wildman–Crippen MR) is 72.1 cm³/mol. The number of nitrogens with zero attached hydrogens (tertiary/aromatic N) is 1. The molecule has 1 aliphatic rings. The van der Waals surface area contributed by atoms with E-state index in [9.17, 15) is 4.79 Å². The number of hydrogen-bond donors (Lipinski definition) is 1. The quantitative estimate of drug-likeness (QED) is 0.869. The molecule has 1 aliphatic heterocycles. The fourth-order valence-electron chi connectivity index (χ4n) is 2.17. The number of benzene rings is 1. The van der Waals surface area contributed by atoms with Crippen LogP contribution in [0.25, 0.3) is 0 Å². The van der Waals surface area contributed by atoms with E-state index in [1.165, 1.54) is 0 Å². The summed E-state index contributed by atoms with van der Waals surface area (Å²) in [7, 11) is 0. The molecule has 1 saturated heterocycles. The van der Waals surface area contributed by atoms with Crippen molar-refractivity contribution in [2.45, 2.75) is 18.9 Å². The third-order valence-corrected chi connectivity index (χ3v) is 3.60. The van der Waals surface area contributed by atoms with E-state index in [1.54, 1.807) is 0 Å². The lowest BCUT2D eigenvalue weighted by Gasteiger charge is -2.29. The minimum atomic E-state index is 0.173. The fourth-order valence-corrected chi connectivity index (χ4v) is 2.43. The van der Waals surface area contributed by atoms with Crippen molar-refractivity contribution in [3.63, 3.8) is 0 Å². The van der Waals surface area contributed by atoms with Gasteiger partial charge in [0, 0.05) is 22.6 Å². The van der Waals surface area contributed by atoms with Crippen molar-refractivity contribution < 1.29 is 4.79 Å². The molecule has 0 spiro atoms. The number of likely N-dealkylation sites (tertiary alicyclic amines) is 1. The Labute approximate surface area is 110 Å². The van der Waals surface area contributed by atoms with Crippen LogP contribution in [0.3, 0.4) is 0 Å². The molecule has 92 valence electrons. The van der Waals surface area contributed by atoms with Gasteiger partial charge >= 0.3 is 0 Å². The number of rotatable bonds is 3. The Kier molecular flexibility index (Phi) is 4.31. The summed E-state index contributed by atoms with van der Waals surface area (Å²) in [6.07, 6.45) is 2.16. The largest absolute Gasteiger partial charge is 0.327 e. The highest BCUT2D eigenvalue weighted by Gasteiger charge is 2.19. The molecule has 0 aliphatic carbocycles. The summed E-state index contributed by atoms with van der Waals surface area (Å²) in [5.74, 6) is 0.173. The van der Waals surface area contributed by atoms with Gasteiger partial charge in [-0.15, -0.1) is 0 Å². The SMILES string of the molecule is N[C@@H]1CCCN(CC(=O)c2ccc(Br)cc2)C1. The fraction of sp³-hybridized carbons (Fsp3) is 0.462. The summed E-state index contributed by atoms with van der Waals surface area (Å²) in [5.41, 5.74) is 6.67. The van der Waals surface area contributed by atoms with Gasteiger partial charge in [-0.05, 0) is 31.5 Å². The average molecular weight is 297 g/mol. The Bertz CT molecular complexity index is 391. The number of ketones is 1. The molecule has 3 nitrogen and oxygen atoms in total. The van der Waals surface area contributed by atoms with Gasteiger partial charge in [0.05, 0.1) is 6.54 Å². The number of nitrogens with two attached hydrogens (primary N) is 1. The van der Waals surface area contributed by atoms with Crippen LogP contribution >= 0.6 is 15.9 Å². The average Bonchev–Trinajstić information content (AvgIpc) is 2.29. The first-order valence-electron chi connectivity index (χ1n) is 5.92. The third kappa shape index (κ3) is 3.63. The minimum Gasteiger partial charge on any atom is -0.327 e. The van der Waals surface area contributed by atoms with Crippen LogP contribution in [0.5, 0.6) is 0 Å². The number of piperidine rings is 1. The molecular weight excluding hydrogens is 280 g/mol. The van der Waals surface area contributed by atoms with E-state index >= 15 is 0 Å². The van der Waals surface area contributed by atoms with E-state index in [0.29, 0.717) is 6.54 Å². The zero-order valence-corrected chi connectivity index (χ0v) is 11.3. The molecule has 1 aromatic rings. The molecule has 0 radical (unpaired) electrons. The van der Waals surface area contributed by atoms with Gasteiger partial charge in [-0.1, -0.05) is 28.1 Å². The van der Waals surface area contributed by atoms with Crippen molar-refractivity contribution in [1.82, 2.24) is 4.90 Å². The second-order valence-corrected chi connectivity index (χ2v) is 5.48. The molecule has 17 heavy (non-hydrogen) atoms. The Morgan fingerprint density at radius 2 is 2.12 bits per heavy atom. The molecule has 1 atom stereocenters. The van der Waals surface area contributed by atoms with E-state index in [2.05, 4.69) is 20.8 Å². The first-order valence-corrected chi connectivity index (χ1v) is 6.71. The van der Waals surface area contributed by atoms with Crippen molar-refractivity contribution in [2.75, 3.05) is 19.6 Å². The van der Waals surface area contributed by atoms with Gasteiger partial charge in [-0.25, -0.2) is 0 Å². The molecule has 4 heteroatoms. The number of halogens is 1. The van der Waals surface area contributed by atoms with Crippen LogP contribution in [0.4, 0.5) is 0 Å². The lowest BCUT2D eigenvalue weighted by molar-refractivity contribution is 0.0908. The van der Waals surface area contributed by atoms with Gasteiger partial charge in [0.25, 0.3) is 0 Å². The standard InChI is InChI=1S/C13H17BrN2O/c14-11-5-3-10(4-6-11)13(17)9-16-7-1-2-12(15)8-16/h3-6,12H,1-2,7-9,15H2/t12-/m1/s1. The first kappa shape index (κ1) is 12.7. The summed E-state index contributed by atoms with van der Waals surface area (Å²) < 4.78 is 0.994. The van der Waals surface area contributed by atoms with Crippen molar-refractivity contribution in [1.29, 1.82) is 0 Å². The van der Waals surface area contributed by atoms with Crippen molar-refractivity contribution in [3.05, 3.63) is 34.3 Å². The number of hydrogen-bond acceptors (Lipinski definition) is 3. The molecule has 1 heterocycles. The van der Waals surface area contributed by atoms with Crippen LogP contribution in [-0.2, 0) is 0 Å². The molecule has 0 amide bonds. The Morgan fingerprint density at radius 3 is 2.76 bits per heavy atom. The highest BCUT2D eigenvalue weighted by Crippen LogP contribution is 2.13. The van der Waals surface area contributed by atoms with Gasteiger partial charge in [0.15, 0.2) is 5.78 Å². The normalized spacial score (nSPS) is 21.4. The van der Waals surface area contributed by atoms with Crippen LogP contribution in [0, 0.1) is 0 Å². The van der Waals surface area contributed by atoms with Gasteiger partial charge in [-0.2, -0.15) is 0 Å². The lowest BCUT2D eigenvalue weighted by Crippen LogP contribution is -2.44. The molecule has 1 aromatic carbocycles. The Morgan fingerprint density at radius 1 is 1.41 bits per heavy atom. The van der Waals surface area contributed by atoms with E-state index < -0.39 is 0 Å². The van der Waals surface area contributed by atoms with Crippen LogP contribution < -0.4 is 5.73 Å². The predicted octanol–water partition coefficient (Wildman–Crippen LogP) is 2.05. The maximum Gasteiger partial charge on any atom is 0.176 e. The molecule has 0 unspecified atom stereocenters. The summed E-state index contributed by atoms with van der Waals surface area (Å²) in [5, 5.41) is 0. The van der Waals surface area contributed by atoms with Gasteiger partial charge in [-0.3, -0.25) is 9.69 Å². The molecule has 1 fully saturated rings. The van der Waals surface area contributed by atoms with Crippen molar-refractivity contribution >= 4 is 21.7 Å². The third-order valence-electron chi connectivity index (χ3n) is 3.08. The smallest absolute Gasteiger partial charge is 0.176 e. The van der Waals surface area contributed by atoms with Gasteiger partial charge in [0.2, 0.25) is 0 Å². The molecule has 2 rings (SSSR count). The molecule has 0 aromatic heterocycles. The van der Waals surface area contributed by atoms with E-state index in [-0.39, 0.29) is 11.8 Å². The zero-order valence-electron chi connectivity index (χ0n) is 9.73. The Hall–Kier alpha value is -0.710. The molecule has 0 saturated carbocycles. The van der Waals surface area contributed by atoms with E-state index in [1.807, 2.05) is 24.3 Å². The number of carbonyl (C=O) groups excluding carboxylic acids is 1. The summed E-state index contributed by atoms with van der Waals surface area (Å²) in [6.45, 7) is 2.30. The number of Topliss-reactive ketones (excluding diaryl/α,β-unsaturated/α-hetero) is 1. The van der Waals surface area contributed by atoms with E-state index in [4.69, 9.17) is 5.73 Å². The molecular formula is C13H17BrN2O. The minimum absolute atomic E-state index is 0.173. The monoisotopic (exact) mass is 296 g/mol. The van der Waals surface area contributed by atoms with Gasteiger partial charge < -0.3 is 5.73 Å². The molecule has 2 N–H and O–H groups in total. The highest BCUT2D eigenvalue weighted by molar-refractivity contribution is 9.10. The number of carbonyl (C=O) groups is 1. The van der Waals surface area contributed by atoms with Crippen LogP contribution in [-0.4, -0.2) is 36.4 Å². The van der Waals surface area contributed by atoms with Gasteiger partial charge in [0.1, 0.15) is 0 Å².